The van der Waals surface area contributed by atoms with Crippen molar-refractivity contribution < 1.29 is 91.9 Å². The van der Waals surface area contributed by atoms with Crippen LogP contribution in [0.1, 0.15) is 0 Å². The van der Waals surface area contributed by atoms with Gasteiger partial charge in [0.15, 0.2) is 0 Å². The Labute approximate surface area is 120 Å². The van der Waals surface area contributed by atoms with Gasteiger partial charge in [-0.3, -0.25) is 0 Å². The van der Waals surface area contributed by atoms with E-state index in [-0.39, 0.29) is 81.7 Å². The van der Waals surface area contributed by atoms with E-state index in [1.165, 1.54) is 0 Å². The zero-order valence-corrected chi connectivity index (χ0v) is 11.6. The van der Waals surface area contributed by atoms with Crippen molar-refractivity contribution in [2.75, 3.05) is 0 Å². The SMILES string of the molecule is O=[N+]([O-])[O-].O=[N+]([O-])[O-].[Ce+3].[Th+4]. The van der Waals surface area contributed by atoms with Crippen LogP contribution in [0.3, 0.4) is 0 Å². The first-order valence-electron chi connectivity index (χ1n) is 1.10. The van der Waals surface area contributed by atoms with E-state index >= 15 is 0 Å². The van der Waals surface area contributed by atoms with Gasteiger partial charge in [0.1, 0.15) is 0 Å². The minimum atomic E-state index is -1.75. The van der Waals surface area contributed by atoms with Crippen molar-refractivity contribution in [1.82, 2.24) is 0 Å². The fourth-order valence-electron chi connectivity index (χ4n) is 0. The molecule has 10 heteroatoms. The van der Waals surface area contributed by atoms with Crippen LogP contribution in [0.15, 0.2) is 0 Å². The number of rotatable bonds is 0. The molecule has 0 aromatic rings. The van der Waals surface area contributed by atoms with E-state index in [0.29, 0.717) is 0 Å². The van der Waals surface area contributed by atoms with Gasteiger partial charge in [0.05, 0.1) is 10.2 Å². The molecule has 0 unspecified atom stereocenters. The topological polar surface area (TPSA) is 132 Å². The van der Waals surface area contributed by atoms with Gasteiger partial charge >= 0.3 is 81.7 Å². The summed E-state index contributed by atoms with van der Waals surface area (Å²) in [7, 11) is 0. The van der Waals surface area contributed by atoms with Crippen molar-refractivity contribution >= 4 is 0 Å². The fraction of sp³-hybridized carbons (Fsp3) is 0. The molecule has 0 bridgehead atoms. The minimum Gasteiger partial charge on any atom is -0.356 e. The van der Waals surface area contributed by atoms with E-state index in [1.807, 2.05) is 0 Å². The zero-order valence-electron chi connectivity index (χ0n) is 4.34. The third kappa shape index (κ3) is 492. The van der Waals surface area contributed by atoms with Crippen molar-refractivity contribution in [3.05, 3.63) is 30.6 Å². The maximum atomic E-state index is 8.25. The van der Waals surface area contributed by atoms with Crippen LogP contribution in [-0.4, -0.2) is 10.2 Å². The molecule has 0 aromatic heterocycles. The van der Waals surface area contributed by atoms with E-state index < -0.39 is 10.2 Å². The van der Waals surface area contributed by atoms with Crippen LogP contribution in [0.25, 0.3) is 0 Å². The van der Waals surface area contributed by atoms with Gasteiger partial charge < -0.3 is 30.6 Å². The molecule has 0 fully saturated rings. The third-order valence-electron chi connectivity index (χ3n) is 0. The summed E-state index contributed by atoms with van der Waals surface area (Å²) >= 11 is 0. The summed E-state index contributed by atoms with van der Waals surface area (Å²) in [4.78, 5) is 16.5. The summed E-state index contributed by atoms with van der Waals surface area (Å²) in [6.07, 6.45) is 0. The molecule has 8 nitrogen and oxygen atoms in total. The molecule has 0 aliphatic rings. The maximum Gasteiger partial charge on any atom is 4.00 e. The molecule has 0 atom stereocenters. The molecular weight excluding hydrogens is 496 g/mol. The predicted octanol–water partition coefficient (Wildman–Crippen LogP) is -0.478. The minimum absolute atomic E-state index is 0. The van der Waals surface area contributed by atoms with Gasteiger partial charge in [-0.15, -0.1) is 0 Å². The van der Waals surface area contributed by atoms with Crippen molar-refractivity contribution in [2.24, 2.45) is 0 Å². The average molecular weight is 496 g/mol. The van der Waals surface area contributed by atoms with E-state index in [9.17, 15) is 0 Å². The quantitative estimate of drug-likeness (QED) is 0.329. The summed E-state index contributed by atoms with van der Waals surface area (Å²) in [5, 5.41) is 29.5. The second-order valence-electron chi connectivity index (χ2n) is 0.447. The molecule has 0 heterocycles. The predicted molar refractivity (Wildman–Crippen MR) is 20.7 cm³/mol. The van der Waals surface area contributed by atoms with E-state index in [4.69, 9.17) is 30.6 Å². The fourth-order valence-corrected chi connectivity index (χ4v) is 0. The Balaban J connectivity index is -0.0000000300. The van der Waals surface area contributed by atoms with Crippen molar-refractivity contribution in [3.8, 4) is 0 Å². The summed E-state index contributed by atoms with van der Waals surface area (Å²) in [6, 6.07) is 0. The van der Waals surface area contributed by atoms with Crippen LogP contribution >= 0.6 is 0 Å². The van der Waals surface area contributed by atoms with Crippen molar-refractivity contribution in [2.45, 2.75) is 0 Å². The van der Waals surface area contributed by atoms with E-state index in [1.54, 1.807) is 0 Å². The Morgan fingerprint density at radius 3 is 0.800 bits per heavy atom. The van der Waals surface area contributed by atoms with Crippen LogP contribution < -0.4 is 0 Å². The summed E-state index contributed by atoms with van der Waals surface area (Å²) in [5.74, 6) is 0. The molecular formula is CeN2O6Th+5. The standard InChI is InChI=1S/Ce.2NO3.Th/c;2*2-1(3)4;/q+3;2*-1;+4. The van der Waals surface area contributed by atoms with Crippen molar-refractivity contribution in [3.63, 3.8) is 0 Å². The molecule has 0 rings (SSSR count). The molecule has 0 aliphatic heterocycles. The molecule has 0 saturated heterocycles. The zero-order chi connectivity index (χ0) is 7.15. The number of hydrogen-bond donors (Lipinski definition) is 0. The van der Waals surface area contributed by atoms with Crippen molar-refractivity contribution in [1.29, 1.82) is 0 Å². The first-order chi connectivity index (χ1) is 3.46. The van der Waals surface area contributed by atoms with Gasteiger partial charge in [0.2, 0.25) is 0 Å². The first kappa shape index (κ1) is 22.5. The summed E-state index contributed by atoms with van der Waals surface area (Å²) in [5.41, 5.74) is 0. The van der Waals surface area contributed by atoms with Gasteiger partial charge in [-0.1, -0.05) is 0 Å². The molecule has 1 radical (unpaired) electrons. The monoisotopic (exact) mass is 496 g/mol. The third-order valence-corrected chi connectivity index (χ3v) is 0. The van der Waals surface area contributed by atoms with E-state index in [2.05, 4.69) is 0 Å². The molecule has 0 spiro atoms. The average Bonchev–Trinajstić information content (AvgIpc) is 1.25. The van der Waals surface area contributed by atoms with Crippen LogP contribution in [-0.2, 0) is 0 Å². The summed E-state index contributed by atoms with van der Waals surface area (Å²) in [6.45, 7) is 0. The molecule has 0 amide bonds. The van der Waals surface area contributed by atoms with Crippen LogP contribution in [0.5, 0.6) is 0 Å². The number of hydrogen-bond acceptors (Lipinski definition) is 6. The number of nitrogens with zero attached hydrogens (tertiary/aromatic N) is 2. The largest absolute Gasteiger partial charge is 4.00 e. The smallest absolute Gasteiger partial charge is 0.356 e. The molecule has 0 N–H and O–H groups in total. The Hall–Kier alpha value is 1.10. The van der Waals surface area contributed by atoms with Gasteiger partial charge in [0, 0.05) is 0 Å². The molecule has 49 valence electrons. The first-order valence-corrected chi connectivity index (χ1v) is 1.10. The van der Waals surface area contributed by atoms with Gasteiger partial charge in [0.25, 0.3) is 0 Å². The van der Waals surface area contributed by atoms with Gasteiger partial charge in [-0.2, -0.15) is 0 Å². The van der Waals surface area contributed by atoms with Crippen LogP contribution in [0.2, 0.25) is 0 Å². The van der Waals surface area contributed by atoms with E-state index in [0.717, 1.165) is 0 Å². The second kappa shape index (κ2) is 16.6. The molecule has 10 heavy (non-hydrogen) atoms. The molecule has 0 aliphatic carbocycles. The second-order valence-corrected chi connectivity index (χ2v) is 0.447. The molecule has 0 saturated carbocycles. The molecule has 0 aromatic carbocycles. The normalized spacial score (nSPS) is 4.80. The van der Waals surface area contributed by atoms with Gasteiger partial charge in [-0.25, -0.2) is 0 Å². The summed E-state index contributed by atoms with van der Waals surface area (Å²) < 4.78 is 0. The van der Waals surface area contributed by atoms with Crippen LogP contribution in [0.4, 0.5) is 0 Å². The Morgan fingerprint density at radius 2 is 0.800 bits per heavy atom. The Bertz CT molecular complexity index is 73.7. The van der Waals surface area contributed by atoms with Crippen LogP contribution in [0, 0.1) is 112 Å². The Kier molecular flexibility index (Phi) is 37.3. The Morgan fingerprint density at radius 1 is 0.800 bits per heavy atom. The van der Waals surface area contributed by atoms with Gasteiger partial charge in [-0.05, 0) is 0 Å². The maximum absolute atomic E-state index is 8.25.